The average molecular weight is 367 g/mol. The molecular weight excluding hydrogens is 350 g/mol. The number of aromatic hydroxyl groups is 2. The zero-order valence-electron chi connectivity index (χ0n) is 14.6. The molecule has 3 aromatic rings. The lowest BCUT2D eigenvalue weighted by atomic mass is 10.2. The van der Waals surface area contributed by atoms with Crippen LogP contribution in [-0.2, 0) is 0 Å². The second-order valence-electron chi connectivity index (χ2n) is 5.76. The van der Waals surface area contributed by atoms with Gasteiger partial charge in [-0.3, -0.25) is 14.8 Å². The van der Waals surface area contributed by atoms with Crippen molar-refractivity contribution in [2.24, 2.45) is 4.99 Å². The predicted octanol–water partition coefficient (Wildman–Crippen LogP) is 2.00. The number of aliphatic imine (C=N–C) groups is 1. The summed E-state index contributed by atoms with van der Waals surface area (Å²) in [5, 5.41) is 19.9. The van der Waals surface area contributed by atoms with E-state index >= 15 is 0 Å². The maximum absolute atomic E-state index is 12.2. The number of rotatable bonds is 4. The van der Waals surface area contributed by atoms with Gasteiger partial charge in [0, 0.05) is 6.21 Å². The zero-order valence-corrected chi connectivity index (χ0v) is 14.6. The van der Waals surface area contributed by atoms with E-state index in [0.717, 1.165) is 4.57 Å². The fourth-order valence-corrected chi connectivity index (χ4v) is 2.54. The minimum Gasteiger partial charge on any atom is -0.508 e. The molecule has 8 nitrogen and oxygen atoms in total. The number of H-pyrrole nitrogens is 1. The molecule has 0 unspecified atom stereocenters. The predicted molar refractivity (Wildman–Crippen MR) is 101 cm³/mol. The van der Waals surface area contributed by atoms with Crippen molar-refractivity contribution >= 4 is 11.9 Å². The molecule has 0 bridgehead atoms. The smallest absolute Gasteiger partial charge is 0.335 e. The summed E-state index contributed by atoms with van der Waals surface area (Å²) in [4.78, 5) is 30.6. The van der Waals surface area contributed by atoms with E-state index in [4.69, 9.17) is 4.74 Å². The van der Waals surface area contributed by atoms with Gasteiger partial charge in [0.2, 0.25) is 5.88 Å². The average Bonchev–Trinajstić information content (AvgIpc) is 2.63. The van der Waals surface area contributed by atoms with Gasteiger partial charge in [-0.15, -0.1) is 0 Å². The third-order valence-electron chi connectivity index (χ3n) is 3.96. The highest BCUT2D eigenvalue weighted by Gasteiger charge is 2.14. The molecule has 3 rings (SSSR count). The molecule has 0 atom stereocenters. The molecule has 0 saturated carbocycles. The Morgan fingerprint density at radius 2 is 1.81 bits per heavy atom. The van der Waals surface area contributed by atoms with E-state index < -0.39 is 17.1 Å². The monoisotopic (exact) mass is 367 g/mol. The van der Waals surface area contributed by atoms with Gasteiger partial charge in [0.25, 0.3) is 5.56 Å². The first-order valence-corrected chi connectivity index (χ1v) is 7.97. The van der Waals surface area contributed by atoms with Crippen LogP contribution in [0.2, 0.25) is 0 Å². The number of methoxy groups -OCH3 is 1. The van der Waals surface area contributed by atoms with Gasteiger partial charge in [0.05, 0.1) is 18.5 Å². The normalized spacial score (nSPS) is 11.0. The number of nitrogens with zero attached hydrogens (tertiary/aromatic N) is 2. The van der Waals surface area contributed by atoms with Gasteiger partial charge in [-0.05, 0) is 55.0 Å². The Morgan fingerprint density at radius 1 is 1.11 bits per heavy atom. The first kappa shape index (κ1) is 18.0. The molecule has 0 fully saturated rings. The molecule has 0 saturated heterocycles. The van der Waals surface area contributed by atoms with Crippen molar-refractivity contribution < 1.29 is 14.9 Å². The van der Waals surface area contributed by atoms with Crippen LogP contribution in [0.15, 0.2) is 57.0 Å². The summed E-state index contributed by atoms with van der Waals surface area (Å²) in [6.45, 7) is 1.74. The quantitative estimate of drug-likeness (QED) is 0.610. The molecule has 0 aliphatic carbocycles. The van der Waals surface area contributed by atoms with Crippen LogP contribution in [0.1, 0.15) is 11.1 Å². The number of phenols is 1. The van der Waals surface area contributed by atoms with E-state index in [9.17, 15) is 19.8 Å². The van der Waals surface area contributed by atoms with Crippen LogP contribution in [0, 0.1) is 6.92 Å². The summed E-state index contributed by atoms with van der Waals surface area (Å²) < 4.78 is 6.03. The molecule has 8 heteroatoms. The Bertz CT molecular complexity index is 1130. The number of nitrogens with one attached hydrogen (secondary N) is 1. The summed E-state index contributed by atoms with van der Waals surface area (Å²) in [7, 11) is 1.51. The van der Waals surface area contributed by atoms with Crippen molar-refractivity contribution in [3.8, 4) is 23.1 Å². The number of ether oxygens (including phenoxy) is 1. The lowest BCUT2D eigenvalue weighted by Gasteiger charge is -2.10. The zero-order chi connectivity index (χ0) is 19.6. The molecule has 0 spiro atoms. The topological polar surface area (TPSA) is 117 Å². The number of hydrogen-bond donors (Lipinski definition) is 3. The van der Waals surface area contributed by atoms with Crippen LogP contribution >= 0.6 is 0 Å². The van der Waals surface area contributed by atoms with Crippen LogP contribution in [0.3, 0.4) is 0 Å². The number of aryl methyl sites for hydroxylation is 1. The fourth-order valence-electron chi connectivity index (χ4n) is 2.54. The molecule has 138 valence electrons. The molecule has 1 heterocycles. The molecule has 0 radical (unpaired) electrons. The minimum atomic E-state index is -0.777. The van der Waals surface area contributed by atoms with Crippen LogP contribution in [0.4, 0.5) is 5.69 Å². The summed E-state index contributed by atoms with van der Waals surface area (Å²) in [5.41, 5.74) is -0.162. The van der Waals surface area contributed by atoms with Crippen LogP contribution in [0.5, 0.6) is 17.4 Å². The molecule has 0 amide bonds. The van der Waals surface area contributed by atoms with Crippen LogP contribution in [0.25, 0.3) is 5.69 Å². The van der Waals surface area contributed by atoms with E-state index in [2.05, 4.69) is 9.98 Å². The lowest BCUT2D eigenvalue weighted by molar-refractivity contribution is 0.414. The first-order valence-electron chi connectivity index (χ1n) is 7.97. The van der Waals surface area contributed by atoms with Crippen molar-refractivity contribution in [3.05, 3.63) is 74.4 Å². The highest BCUT2D eigenvalue weighted by atomic mass is 16.5. The van der Waals surface area contributed by atoms with Crippen molar-refractivity contribution in [2.75, 3.05) is 7.11 Å². The molecule has 2 aromatic carbocycles. The second kappa shape index (κ2) is 7.20. The Labute approximate surface area is 153 Å². The highest BCUT2D eigenvalue weighted by Crippen LogP contribution is 2.23. The molecule has 0 aliphatic heterocycles. The summed E-state index contributed by atoms with van der Waals surface area (Å²) in [6.07, 6.45) is 1.17. The number of aromatic nitrogens is 2. The van der Waals surface area contributed by atoms with E-state index in [1.807, 2.05) is 0 Å². The number of phenolic OH excluding ortho intramolecular Hbond substituents is 1. The van der Waals surface area contributed by atoms with Gasteiger partial charge in [-0.1, -0.05) is 0 Å². The second-order valence-corrected chi connectivity index (χ2v) is 5.76. The van der Waals surface area contributed by atoms with Gasteiger partial charge in [-0.2, -0.15) is 0 Å². The van der Waals surface area contributed by atoms with Gasteiger partial charge in [0.15, 0.2) is 0 Å². The third kappa shape index (κ3) is 3.59. The fraction of sp³-hybridized carbons (Fsp3) is 0.105. The summed E-state index contributed by atoms with van der Waals surface area (Å²) in [5.74, 6) is 0.148. The molecule has 27 heavy (non-hydrogen) atoms. The number of benzene rings is 2. The molecule has 1 aromatic heterocycles. The minimum absolute atomic E-state index is 0.0974. The Hall–Kier alpha value is -3.81. The van der Waals surface area contributed by atoms with Gasteiger partial charge < -0.3 is 14.9 Å². The van der Waals surface area contributed by atoms with Crippen molar-refractivity contribution in [2.45, 2.75) is 6.92 Å². The van der Waals surface area contributed by atoms with Gasteiger partial charge in [-0.25, -0.2) is 9.36 Å². The number of hydrogen-bond acceptors (Lipinski definition) is 6. The van der Waals surface area contributed by atoms with Gasteiger partial charge in [0.1, 0.15) is 17.1 Å². The Balaban J connectivity index is 2.09. The van der Waals surface area contributed by atoms with Crippen molar-refractivity contribution in [3.63, 3.8) is 0 Å². The van der Waals surface area contributed by atoms with E-state index in [1.54, 1.807) is 37.3 Å². The highest BCUT2D eigenvalue weighted by molar-refractivity contribution is 5.84. The standard InChI is InChI=1S/C19H17N3O5/c1-11-9-13(23)5-8-16(11)20-10-15-17(24)21-19(26)22(18(15)25)12-3-6-14(27-2)7-4-12/h3-10,23,25H,1-2H3,(H,21,24,26). The van der Waals surface area contributed by atoms with Crippen molar-refractivity contribution in [1.29, 1.82) is 0 Å². The molecular formula is C19H17N3O5. The van der Waals surface area contributed by atoms with Gasteiger partial charge >= 0.3 is 5.69 Å². The van der Waals surface area contributed by atoms with Crippen LogP contribution < -0.4 is 16.0 Å². The van der Waals surface area contributed by atoms with E-state index in [1.165, 1.54) is 25.5 Å². The largest absolute Gasteiger partial charge is 0.508 e. The maximum Gasteiger partial charge on any atom is 0.335 e. The van der Waals surface area contributed by atoms with Crippen LogP contribution in [-0.4, -0.2) is 33.1 Å². The molecule has 0 aliphatic rings. The van der Waals surface area contributed by atoms with E-state index in [0.29, 0.717) is 22.7 Å². The lowest BCUT2D eigenvalue weighted by Crippen LogP contribution is -2.31. The first-order chi connectivity index (χ1) is 12.9. The van der Waals surface area contributed by atoms with E-state index in [-0.39, 0.29) is 11.3 Å². The number of aromatic amines is 1. The maximum atomic E-state index is 12.2. The Kier molecular flexibility index (Phi) is 4.80. The van der Waals surface area contributed by atoms with Crippen molar-refractivity contribution in [1.82, 2.24) is 9.55 Å². The summed E-state index contributed by atoms with van der Waals surface area (Å²) in [6, 6.07) is 11.0. The molecule has 3 N–H and O–H groups in total. The SMILES string of the molecule is COc1ccc(-n2c(O)c(C=Nc3ccc(O)cc3C)c(=O)[nH]c2=O)cc1. The Morgan fingerprint density at radius 3 is 2.44 bits per heavy atom. The summed E-state index contributed by atoms with van der Waals surface area (Å²) >= 11 is 0. The third-order valence-corrected chi connectivity index (χ3v) is 3.96.